The Kier molecular flexibility index (Phi) is 5.81. The maximum atomic E-state index is 11.2. The van der Waals surface area contributed by atoms with E-state index in [2.05, 4.69) is 10.3 Å². The summed E-state index contributed by atoms with van der Waals surface area (Å²) in [5.74, 6) is 0.807. The first-order chi connectivity index (χ1) is 8.81. The number of aromatic nitrogens is 2. The highest BCUT2D eigenvalue weighted by atomic mass is 32.2. The first-order valence-electron chi connectivity index (χ1n) is 6.29. The second-order valence-corrected chi connectivity index (χ2v) is 7.07. The molecule has 0 fully saturated rings. The first kappa shape index (κ1) is 16.0. The van der Waals surface area contributed by atoms with Crippen LogP contribution in [-0.4, -0.2) is 49.7 Å². The zero-order chi connectivity index (χ0) is 14.5. The zero-order valence-electron chi connectivity index (χ0n) is 12.0. The molecule has 1 heterocycles. The van der Waals surface area contributed by atoms with Crippen LogP contribution in [0.5, 0.6) is 0 Å². The minimum Gasteiger partial charge on any atom is -0.385 e. The zero-order valence-corrected chi connectivity index (χ0v) is 12.8. The summed E-state index contributed by atoms with van der Waals surface area (Å²) in [5, 5.41) is 3.15. The Morgan fingerprint density at radius 2 is 2.21 bits per heavy atom. The third-order valence-electron chi connectivity index (χ3n) is 2.57. The summed E-state index contributed by atoms with van der Waals surface area (Å²) in [6.45, 7) is 5.24. The molecular formula is C12H23N3O3S. The highest BCUT2D eigenvalue weighted by Crippen LogP contribution is 2.11. The van der Waals surface area contributed by atoms with Gasteiger partial charge in [-0.15, -0.1) is 0 Å². The normalized spacial score (nSPS) is 13.5. The lowest BCUT2D eigenvalue weighted by molar-refractivity contribution is 0.190. The van der Waals surface area contributed by atoms with Crippen molar-refractivity contribution >= 4 is 15.8 Å². The van der Waals surface area contributed by atoms with Crippen LogP contribution >= 0.6 is 0 Å². The van der Waals surface area contributed by atoms with Gasteiger partial charge in [-0.2, -0.15) is 0 Å². The van der Waals surface area contributed by atoms with E-state index in [1.165, 1.54) is 6.26 Å². The van der Waals surface area contributed by atoms with Crippen LogP contribution < -0.4 is 5.32 Å². The van der Waals surface area contributed by atoms with E-state index in [0.717, 1.165) is 18.7 Å². The van der Waals surface area contributed by atoms with Gasteiger partial charge < -0.3 is 14.6 Å². The fourth-order valence-electron chi connectivity index (χ4n) is 1.93. The molecule has 0 amide bonds. The van der Waals surface area contributed by atoms with Crippen molar-refractivity contribution in [1.29, 1.82) is 0 Å². The van der Waals surface area contributed by atoms with E-state index in [1.54, 1.807) is 7.11 Å². The molecule has 6 nitrogen and oxygen atoms in total. The van der Waals surface area contributed by atoms with Crippen molar-refractivity contribution < 1.29 is 13.2 Å². The van der Waals surface area contributed by atoms with Crippen molar-refractivity contribution in [2.24, 2.45) is 0 Å². The number of nitrogens with one attached hydrogen (secondary N) is 1. The van der Waals surface area contributed by atoms with Crippen LogP contribution in [0.25, 0.3) is 0 Å². The fraction of sp³-hybridized carbons (Fsp3) is 0.750. The monoisotopic (exact) mass is 289 g/mol. The molecule has 7 heteroatoms. The Hall–Kier alpha value is -1.08. The van der Waals surface area contributed by atoms with Crippen LogP contribution in [0.3, 0.4) is 0 Å². The van der Waals surface area contributed by atoms with E-state index in [4.69, 9.17) is 4.74 Å². The van der Waals surface area contributed by atoms with Crippen LogP contribution in [-0.2, 0) is 21.1 Å². The van der Waals surface area contributed by atoms with E-state index in [1.807, 2.05) is 24.6 Å². The molecule has 1 aromatic heterocycles. The second kappa shape index (κ2) is 6.91. The molecule has 0 saturated heterocycles. The molecule has 0 radical (unpaired) electrons. The number of hydrogen-bond acceptors (Lipinski definition) is 5. The number of methoxy groups -OCH3 is 1. The number of ether oxygens (including phenoxy) is 1. The van der Waals surface area contributed by atoms with Gasteiger partial charge in [-0.25, -0.2) is 13.4 Å². The predicted molar refractivity (Wildman–Crippen MR) is 76.3 cm³/mol. The molecule has 0 aliphatic rings. The third kappa shape index (κ3) is 6.07. The lowest BCUT2D eigenvalue weighted by Gasteiger charge is -2.15. The van der Waals surface area contributed by atoms with Gasteiger partial charge >= 0.3 is 0 Å². The van der Waals surface area contributed by atoms with Crippen LogP contribution in [0, 0.1) is 6.92 Å². The van der Waals surface area contributed by atoms with Gasteiger partial charge in [-0.05, 0) is 20.3 Å². The highest BCUT2D eigenvalue weighted by molar-refractivity contribution is 7.90. The Morgan fingerprint density at radius 3 is 2.79 bits per heavy atom. The molecule has 0 aromatic carbocycles. The highest BCUT2D eigenvalue weighted by Gasteiger charge is 2.13. The molecule has 0 aliphatic heterocycles. The van der Waals surface area contributed by atoms with Crippen LogP contribution in [0.15, 0.2) is 6.20 Å². The number of aryl methyl sites for hydroxylation is 2. The van der Waals surface area contributed by atoms with Gasteiger partial charge in [0.2, 0.25) is 5.95 Å². The standard InChI is InChI=1S/C12H23N3O3S/c1-10-8-15(6-5-7-18-3)12(13-10)14-11(2)9-19(4,16)17/h8,11H,5-7,9H2,1-4H3,(H,13,14). The molecule has 0 aliphatic carbocycles. The van der Waals surface area contributed by atoms with Gasteiger partial charge in [0.05, 0.1) is 11.4 Å². The lowest BCUT2D eigenvalue weighted by Crippen LogP contribution is -2.26. The van der Waals surface area contributed by atoms with E-state index in [-0.39, 0.29) is 11.8 Å². The van der Waals surface area contributed by atoms with Crippen molar-refractivity contribution in [1.82, 2.24) is 9.55 Å². The average molecular weight is 289 g/mol. The molecule has 1 aromatic rings. The topological polar surface area (TPSA) is 73.2 Å². The third-order valence-corrected chi connectivity index (χ3v) is 3.68. The predicted octanol–water partition coefficient (Wildman–Crippen LogP) is 1.07. The fourth-order valence-corrected chi connectivity index (χ4v) is 2.92. The molecule has 0 bridgehead atoms. The maximum absolute atomic E-state index is 11.2. The van der Waals surface area contributed by atoms with Gasteiger partial charge in [0.1, 0.15) is 9.84 Å². The Balaban J connectivity index is 2.66. The number of rotatable bonds is 8. The number of sulfone groups is 1. The Morgan fingerprint density at radius 1 is 1.53 bits per heavy atom. The molecule has 0 spiro atoms. The minimum absolute atomic E-state index is 0.0942. The molecule has 1 rings (SSSR count). The van der Waals surface area contributed by atoms with Crippen molar-refractivity contribution in [3.63, 3.8) is 0 Å². The van der Waals surface area contributed by atoms with Crippen LogP contribution in [0.1, 0.15) is 19.0 Å². The summed E-state index contributed by atoms with van der Waals surface area (Å²) < 4.78 is 29.5. The van der Waals surface area contributed by atoms with Crippen molar-refractivity contribution in [2.45, 2.75) is 32.9 Å². The van der Waals surface area contributed by atoms with Crippen LogP contribution in [0.2, 0.25) is 0 Å². The van der Waals surface area contributed by atoms with E-state index >= 15 is 0 Å². The van der Waals surface area contributed by atoms with Crippen molar-refractivity contribution in [2.75, 3.05) is 31.0 Å². The van der Waals surface area contributed by atoms with Gasteiger partial charge in [-0.1, -0.05) is 0 Å². The Bertz CT molecular complexity index is 496. The quantitative estimate of drug-likeness (QED) is 0.725. The molecule has 1 unspecified atom stereocenters. The van der Waals surface area contributed by atoms with Gasteiger partial charge in [0, 0.05) is 38.8 Å². The van der Waals surface area contributed by atoms with Crippen LogP contribution in [0.4, 0.5) is 5.95 Å². The van der Waals surface area contributed by atoms with Crippen molar-refractivity contribution in [3.05, 3.63) is 11.9 Å². The number of hydrogen-bond donors (Lipinski definition) is 1. The summed E-state index contributed by atoms with van der Waals surface area (Å²) in [7, 11) is -1.32. The summed E-state index contributed by atoms with van der Waals surface area (Å²) in [6.07, 6.45) is 4.08. The summed E-state index contributed by atoms with van der Waals surface area (Å²) in [4.78, 5) is 4.38. The van der Waals surface area contributed by atoms with Gasteiger partial charge in [0.25, 0.3) is 0 Å². The van der Waals surface area contributed by atoms with Crippen molar-refractivity contribution in [3.8, 4) is 0 Å². The summed E-state index contributed by atoms with van der Waals surface area (Å²) in [6, 6.07) is -0.169. The summed E-state index contributed by atoms with van der Waals surface area (Å²) >= 11 is 0. The molecule has 110 valence electrons. The maximum Gasteiger partial charge on any atom is 0.203 e. The van der Waals surface area contributed by atoms with Gasteiger partial charge in [-0.3, -0.25) is 0 Å². The smallest absolute Gasteiger partial charge is 0.203 e. The Labute approximate surface area is 115 Å². The lowest BCUT2D eigenvalue weighted by atomic mass is 10.4. The van der Waals surface area contributed by atoms with E-state index in [0.29, 0.717) is 12.6 Å². The molecule has 0 saturated carbocycles. The summed E-state index contributed by atoms with van der Waals surface area (Å²) in [5.41, 5.74) is 0.909. The molecule has 19 heavy (non-hydrogen) atoms. The number of nitrogens with zero attached hydrogens (tertiary/aromatic N) is 2. The minimum atomic E-state index is -2.99. The number of imidazole rings is 1. The SMILES string of the molecule is COCCCn1cc(C)nc1NC(C)CS(C)(=O)=O. The molecule has 1 atom stereocenters. The molecule has 1 N–H and O–H groups in total. The first-order valence-corrected chi connectivity index (χ1v) is 8.35. The van der Waals surface area contributed by atoms with E-state index < -0.39 is 9.84 Å². The largest absolute Gasteiger partial charge is 0.385 e. The average Bonchev–Trinajstić information content (AvgIpc) is 2.56. The number of anilines is 1. The van der Waals surface area contributed by atoms with E-state index in [9.17, 15) is 8.42 Å². The second-order valence-electron chi connectivity index (χ2n) is 4.88. The van der Waals surface area contributed by atoms with Gasteiger partial charge in [0.15, 0.2) is 0 Å². The molecular weight excluding hydrogens is 266 g/mol.